The Bertz CT molecular complexity index is 1090. The molecule has 1 aromatic carbocycles. The van der Waals surface area contributed by atoms with Gasteiger partial charge in [0.25, 0.3) is 0 Å². The molecule has 2 aromatic heterocycles. The average Bonchev–Trinajstić information content (AvgIpc) is 3.31. The highest BCUT2D eigenvalue weighted by Gasteiger charge is 2.40. The molecule has 1 aliphatic heterocycles. The Kier molecular flexibility index (Phi) is 5.79. The second-order valence-corrected chi connectivity index (χ2v) is 9.87. The maximum Gasteiger partial charge on any atom is 0.239 e. The first-order chi connectivity index (χ1) is 15.5. The van der Waals surface area contributed by atoms with Crippen LogP contribution in [-0.2, 0) is 10.4 Å². The van der Waals surface area contributed by atoms with Gasteiger partial charge in [0.15, 0.2) is 5.82 Å². The molecule has 0 atom stereocenters. The van der Waals surface area contributed by atoms with Crippen molar-refractivity contribution in [3.63, 3.8) is 0 Å². The highest BCUT2D eigenvalue weighted by Crippen LogP contribution is 2.40. The standard InChI is InChI=1S/C23H28N6O2S/c1-15-2-3-16-9-26-28-22(19(16)8-15)25-11-21(30)27-17-12-29(13-17)18-4-6-23(31,7-5-18)20-10-24-14-32-20/h2-3,8-10,14,17-18,31H,4-7,11-13H2,1H3,(H,25,28)(H,27,30). The minimum Gasteiger partial charge on any atom is -0.384 e. The Morgan fingerprint density at radius 1 is 1.28 bits per heavy atom. The van der Waals surface area contributed by atoms with Gasteiger partial charge in [-0.1, -0.05) is 17.7 Å². The lowest BCUT2D eigenvalue weighted by Crippen LogP contribution is -2.63. The number of amides is 1. The van der Waals surface area contributed by atoms with Gasteiger partial charge in [-0.05, 0) is 38.7 Å². The Hall–Kier alpha value is -2.62. The smallest absolute Gasteiger partial charge is 0.239 e. The number of aliphatic hydroxyl groups is 1. The van der Waals surface area contributed by atoms with Crippen LogP contribution in [0.4, 0.5) is 5.82 Å². The third-order valence-corrected chi connectivity index (χ3v) is 7.67. The van der Waals surface area contributed by atoms with Gasteiger partial charge < -0.3 is 15.7 Å². The van der Waals surface area contributed by atoms with E-state index in [1.54, 1.807) is 17.9 Å². The summed E-state index contributed by atoms with van der Waals surface area (Å²) < 4.78 is 0. The molecule has 2 aliphatic rings. The molecule has 2 fully saturated rings. The van der Waals surface area contributed by atoms with Crippen LogP contribution in [0.25, 0.3) is 10.8 Å². The fourth-order valence-electron chi connectivity index (χ4n) is 4.80. The van der Waals surface area contributed by atoms with E-state index in [1.165, 1.54) is 11.3 Å². The van der Waals surface area contributed by atoms with Gasteiger partial charge in [0, 0.05) is 36.1 Å². The molecule has 3 heterocycles. The topological polar surface area (TPSA) is 103 Å². The predicted molar refractivity (Wildman–Crippen MR) is 125 cm³/mol. The summed E-state index contributed by atoms with van der Waals surface area (Å²) in [4.78, 5) is 19.9. The number of hydrogen-bond acceptors (Lipinski definition) is 8. The van der Waals surface area contributed by atoms with Gasteiger partial charge >= 0.3 is 0 Å². The van der Waals surface area contributed by atoms with E-state index in [0.29, 0.717) is 11.9 Å². The van der Waals surface area contributed by atoms with Crippen LogP contribution in [-0.4, -0.2) is 62.8 Å². The normalized spacial score (nSPS) is 24.2. The van der Waals surface area contributed by atoms with Crippen LogP contribution in [0.2, 0.25) is 0 Å². The fraction of sp³-hybridized carbons (Fsp3) is 0.478. The van der Waals surface area contributed by atoms with Crippen molar-refractivity contribution >= 4 is 33.8 Å². The molecule has 32 heavy (non-hydrogen) atoms. The maximum absolute atomic E-state index is 12.4. The third kappa shape index (κ3) is 4.32. The van der Waals surface area contributed by atoms with Crippen LogP contribution >= 0.6 is 11.3 Å². The van der Waals surface area contributed by atoms with Crippen LogP contribution in [0, 0.1) is 6.92 Å². The zero-order valence-electron chi connectivity index (χ0n) is 18.1. The highest BCUT2D eigenvalue weighted by atomic mass is 32.1. The van der Waals surface area contributed by atoms with Gasteiger partial charge in [0.05, 0.1) is 29.2 Å². The zero-order valence-corrected chi connectivity index (χ0v) is 18.9. The van der Waals surface area contributed by atoms with E-state index in [9.17, 15) is 9.90 Å². The van der Waals surface area contributed by atoms with Crippen LogP contribution in [0.3, 0.4) is 0 Å². The molecule has 1 saturated carbocycles. The second kappa shape index (κ2) is 8.73. The molecule has 1 saturated heterocycles. The number of aryl methyl sites for hydroxylation is 1. The molecular formula is C23H28N6O2S. The van der Waals surface area contributed by atoms with Crippen molar-refractivity contribution in [1.29, 1.82) is 0 Å². The highest BCUT2D eigenvalue weighted by molar-refractivity contribution is 7.09. The molecule has 8 nitrogen and oxygen atoms in total. The quantitative estimate of drug-likeness (QED) is 0.528. The first-order valence-corrected chi connectivity index (χ1v) is 12.0. The van der Waals surface area contributed by atoms with E-state index in [1.807, 2.05) is 25.1 Å². The zero-order chi connectivity index (χ0) is 22.1. The number of likely N-dealkylation sites (tertiary alicyclic amines) is 1. The lowest BCUT2D eigenvalue weighted by atomic mass is 9.80. The molecule has 168 valence electrons. The third-order valence-electron chi connectivity index (χ3n) is 6.70. The number of nitrogens with one attached hydrogen (secondary N) is 2. The van der Waals surface area contributed by atoms with Crippen molar-refractivity contribution < 1.29 is 9.90 Å². The number of hydrogen-bond donors (Lipinski definition) is 3. The van der Waals surface area contributed by atoms with Gasteiger partial charge in [-0.3, -0.25) is 14.7 Å². The summed E-state index contributed by atoms with van der Waals surface area (Å²) in [6.07, 6.45) is 6.99. The number of rotatable bonds is 6. The van der Waals surface area contributed by atoms with Gasteiger partial charge in [-0.25, -0.2) is 0 Å². The van der Waals surface area contributed by atoms with E-state index >= 15 is 0 Å². The van der Waals surface area contributed by atoms with Gasteiger partial charge in [-0.2, -0.15) is 5.10 Å². The summed E-state index contributed by atoms with van der Waals surface area (Å²) in [6, 6.07) is 6.75. The van der Waals surface area contributed by atoms with Crippen LogP contribution in [0.5, 0.6) is 0 Å². The van der Waals surface area contributed by atoms with Crippen molar-refractivity contribution in [1.82, 2.24) is 25.4 Å². The van der Waals surface area contributed by atoms with E-state index in [2.05, 4.69) is 30.7 Å². The van der Waals surface area contributed by atoms with E-state index < -0.39 is 5.60 Å². The SMILES string of the molecule is Cc1ccc2cnnc(NCC(=O)NC3CN(C4CCC(O)(c5cncs5)CC4)C3)c2c1. The fourth-order valence-corrected chi connectivity index (χ4v) is 5.58. The molecule has 0 unspecified atom stereocenters. The number of carbonyl (C=O) groups excluding carboxylic acids is 1. The molecule has 0 spiro atoms. The Labute approximate surface area is 191 Å². The summed E-state index contributed by atoms with van der Waals surface area (Å²) in [5, 5.41) is 27.3. The summed E-state index contributed by atoms with van der Waals surface area (Å²) in [7, 11) is 0. The number of carbonyl (C=O) groups is 1. The van der Waals surface area contributed by atoms with E-state index in [0.717, 1.165) is 60.0 Å². The van der Waals surface area contributed by atoms with Crippen LogP contribution < -0.4 is 10.6 Å². The number of aromatic nitrogens is 3. The molecular weight excluding hydrogens is 424 g/mol. The summed E-state index contributed by atoms with van der Waals surface area (Å²) in [6.45, 7) is 3.93. The summed E-state index contributed by atoms with van der Waals surface area (Å²) >= 11 is 1.53. The van der Waals surface area contributed by atoms with E-state index in [-0.39, 0.29) is 18.5 Å². The Balaban J connectivity index is 1.07. The second-order valence-electron chi connectivity index (χ2n) is 8.98. The van der Waals surface area contributed by atoms with Crippen molar-refractivity contribution in [3.8, 4) is 0 Å². The van der Waals surface area contributed by atoms with E-state index in [4.69, 9.17) is 0 Å². The maximum atomic E-state index is 12.4. The number of fused-ring (bicyclic) bond motifs is 1. The predicted octanol–water partition coefficient (Wildman–Crippen LogP) is 2.44. The first kappa shape index (κ1) is 21.2. The number of benzene rings is 1. The molecule has 0 radical (unpaired) electrons. The largest absolute Gasteiger partial charge is 0.384 e. The number of thiazole rings is 1. The van der Waals surface area contributed by atoms with Gasteiger partial charge in [0.1, 0.15) is 5.60 Å². The number of anilines is 1. The summed E-state index contributed by atoms with van der Waals surface area (Å²) in [5.41, 5.74) is 2.20. The Morgan fingerprint density at radius 3 is 2.84 bits per heavy atom. The minimum absolute atomic E-state index is 0.0377. The molecule has 9 heteroatoms. The molecule has 3 N–H and O–H groups in total. The molecule has 1 aliphatic carbocycles. The molecule has 5 rings (SSSR count). The molecule has 3 aromatic rings. The minimum atomic E-state index is -0.717. The van der Waals surface area contributed by atoms with Crippen LogP contribution in [0.15, 0.2) is 36.1 Å². The Morgan fingerprint density at radius 2 is 2.09 bits per heavy atom. The lowest BCUT2D eigenvalue weighted by molar-refractivity contribution is -0.121. The monoisotopic (exact) mass is 452 g/mol. The van der Waals surface area contributed by atoms with Crippen molar-refractivity contribution in [3.05, 3.63) is 46.5 Å². The average molecular weight is 453 g/mol. The molecule has 0 bridgehead atoms. The summed E-state index contributed by atoms with van der Waals surface area (Å²) in [5.74, 6) is 0.594. The van der Waals surface area contributed by atoms with Crippen molar-refractivity contribution in [2.75, 3.05) is 25.0 Å². The van der Waals surface area contributed by atoms with Crippen molar-refractivity contribution in [2.24, 2.45) is 0 Å². The number of nitrogens with zero attached hydrogens (tertiary/aromatic N) is 4. The van der Waals surface area contributed by atoms with Gasteiger partial charge in [0.2, 0.25) is 5.91 Å². The molecule has 1 amide bonds. The van der Waals surface area contributed by atoms with Crippen molar-refractivity contribution in [2.45, 2.75) is 50.3 Å². The van der Waals surface area contributed by atoms with Gasteiger partial charge in [-0.15, -0.1) is 16.4 Å². The van der Waals surface area contributed by atoms with Crippen LogP contribution in [0.1, 0.15) is 36.1 Å². The lowest BCUT2D eigenvalue weighted by Gasteiger charge is -2.48. The first-order valence-electron chi connectivity index (χ1n) is 11.1.